The number of anilines is 1. The molecule has 0 saturated carbocycles. The summed E-state index contributed by atoms with van der Waals surface area (Å²) in [7, 11) is 0. The molecular weight excluding hydrogens is 650 g/mol. The number of aliphatic hydroxyl groups is 1. The summed E-state index contributed by atoms with van der Waals surface area (Å²) in [5.41, 5.74) is 3.70. The molecule has 9 heteroatoms. The van der Waals surface area contributed by atoms with Gasteiger partial charge in [-0.2, -0.15) is 0 Å². The van der Waals surface area contributed by atoms with Gasteiger partial charge in [-0.15, -0.1) is 24.9 Å². The first-order valence-corrected chi connectivity index (χ1v) is 17.6. The highest BCUT2D eigenvalue weighted by Crippen LogP contribution is 2.68. The van der Waals surface area contributed by atoms with E-state index in [1.54, 1.807) is 38.6 Å². The summed E-state index contributed by atoms with van der Waals surface area (Å²) in [6.45, 7) is 14.8. The van der Waals surface area contributed by atoms with Crippen LogP contribution in [0, 0.1) is 25.7 Å². The minimum atomic E-state index is -0.873. The summed E-state index contributed by atoms with van der Waals surface area (Å²) in [5, 5.41) is 10.7. The van der Waals surface area contributed by atoms with Crippen molar-refractivity contribution in [2.75, 3.05) is 31.1 Å². The van der Waals surface area contributed by atoms with Crippen LogP contribution in [0.3, 0.4) is 0 Å². The van der Waals surface area contributed by atoms with Gasteiger partial charge in [-0.25, -0.2) is 0 Å². The Kier molecular flexibility index (Phi) is 10.3. The zero-order chi connectivity index (χ0) is 32.5. The lowest BCUT2D eigenvalue weighted by atomic mass is 9.70. The van der Waals surface area contributed by atoms with E-state index in [1.807, 2.05) is 69.3 Å². The van der Waals surface area contributed by atoms with E-state index in [0.29, 0.717) is 25.9 Å². The third kappa shape index (κ3) is 5.92. The molecule has 1 N–H and O–H groups in total. The van der Waals surface area contributed by atoms with Crippen LogP contribution in [0.5, 0.6) is 0 Å². The SMILES string of the molecule is C=CCN(CCC)C(=O)[C@H]1[C@H]2C(=O)N([C@@H](CO)Cc3ccccc3)C(C(=O)N(CC=C)c3cc(C)ccc3C)C23CC(Br)[C@@H]1S3. The van der Waals surface area contributed by atoms with Crippen LogP contribution < -0.4 is 4.90 Å². The van der Waals surface area contributed by atoms with E-state index in [2.05, 4.69) is 29.1 Å². The molecule has 7 atom stereocenters. The predicted molar refractivity (Wildman–Crippen MR) is 186 cm³/mol. The number of aryl methyl sites for hydroxylation is 2. The molecule has 7 nitrogen and oxygen atoms in total. The Morgan fingerprint density at radius 1 is 1.13 bits per heavy atom. The van der Waals surface area contributed by atoms with E-state index >= 15 is 4.79 Å². The molecule has 2 aromatic rings. The largest absolute Gasteiger partial charge is 0.394 e. The smallest absolute Gasteiger partial charge is 0.251 e. The van der Waals surface area contributed by atoms with E-state index in [4.69, 9.17) is 0 Å². The van der Waals surface area contributed by atoms with Crippen LogP contribution in [-0.2, 0) is 20.8 Å². The number of rotatable bonds is 13. The molecule has 3 aliphatic rings. The van der Waals surface area contributed by atoms with Gasteiger partial charge in [-0.05, 0) is 55.9 Å². The number of carbonyl (C=O) groups is 3. The number of hydrogen-bond donors (Lipinski definition) is 1. The van der Waals surface area contributed by atoms with Gasteiger partial charge in [-0.1, -0.05) is 77.5 Å². The van der Waals surface area contributed by atoms with Gasteiger partial charge in [0.15, 0.2) is 0 Å². The van der Waals surface area contributed by atoms with Crippen molar-refractivity contribution in [3.63, 3.8) is 0 Å². The van der Waals surface area contributed by atoms with Gasteiger partial charge < -0.3 is 19.8 Å². The van der Waals surface area contributed by atoms with Crippen LogP contribution in [0.4, 0.5) is 5.69 Å². The summed E-state index contributed by atoms with van der Waals surface area (Å²) in [5.74, 6) is -1.75. The highest BCUT2D eigenvalue weighted by Gasteiger charge is 2.76. The Labute approximate surface area is 279 Å². The standard InChI is InChI=1S/C36H44BrN3O4S/c1-6-16-38(17-7-2)33(42)29-30-34(43)40(26(22-41)20-25-12-10-9-11-13-25)32(36(30)21-27(37)31(29)45-36)35(44)39(18-8-3)28-19-23(4)14-15-24(28)5/h6,8-15,19,26-27,29-32,41H,1,3,7,16-18,20-22H2,2,4-5H3/t26-,27?,29+,30+,31+,32?,36?/m1/s1. The fraction of sp³-hybridized carbons (Fsp3) is 0.472. The molecule has 5 rings (SSSR count). The Bertz CT molecular complexity index is 1450. The van der Waals surface area contributed by atoms with Crippen molar-refractivity contribution >= 4 is 51.1 Å². The second-order valence-electron chi connectivity index (χ2n) is 12.5. The molecule has 3 aliphatic heterocycles. The molecule has 1 spiro atoms. The third-order valence-corrected chi connectivity index (χ3v) is 12.8. The molecule has 0 aliphatic carbocycles. The molecule has 0 aromatic heterocycles. The monoisotopic (exact) mass is 693 g/mol. The van der Waals surface area contributed by atoms with E-state index < -0.39 is 28.7 Å². The van der Waals surface area contributed by atoms with Gasteiger partial charge in [0.25, 0.3) is 5.91 Å². The molecule has 3 saturated heterocycles. The van der Waals surface area contributed by atoms with Crippen LogP contribution >= 0.6 is 27.7 Å². The molecule has 3 amide bonds. The van der Waals surface area contributed by atoms with Crippen molar-refractivity contribution < 1.29 is 19.5 Å². The number of likely N-dealkylation sites (tertiary alicyclic amines) is 1. The molecule has 240 valence electrons. The number of fused-ring (bicyclic) bond motifs is 1. The Balaban J connectivity index is 1.65. The maximum absolute atomic E-state index is 15.1. The number of amides is 3. The van der Waals surface area contributed by atoms with E-state index in [0.717, 1.165) is 28.8 Å². The van der Waals surface area contributed by atoms with Gasteiger partial charge >= 0.3 is 0 Å². The number of aliphatic hydroxyl groups excluding tert-OH is 1. The number of halogens is 1. The van der Waals surface area contributed by atoms with Crippen LogP contribution in [0.15, 0.2) is 73.8 Å². The fourth-order valence-corrected chi connectivity index (χ4v) is 11.3. The first kappa shape index (κ1) is 33.5. The number of benzene rings is 2. The predicted octanol–water partition coefficient (Wildman–Crippen LogP) is 5.32. The van der Waals surface area contributed by atoms with Crippen molar-refractivity contribution in [3.8, 4) is 0 Å². The summed E-state index contributed by atoms with van der Waals surface area (Å²) >= 11 is 5.51. The minimum Gasteiger partial charge on any atom is -0.394 e. The first-order valence-electron chi connectivity index (χ1n) is 15.8. The van der Waals surface area contributed by atoms with Crippen LogP contribution in [-0.4, -0.2) is 85.8 Å². The van der Waals surface area contributed by atoms with Gasteiger partial charge in [0.2, 0.25) is 11.8 Å². The maximum atomic E-state index is 15.1. The average molecular weight is 695 g/mol. The third-order valence-electron chi connectivity index (χ3n) is 9.55. The summed E-state index contributed by atoms with van der Waals surface area (Å²) in [4.78, 5) is 49.5. The lowest BCUT2D eigenvalue weighted by Gasteiger charge is -2.40. The molecule has 45 heavy (non-hydrogen) atoms. The lowest BCUT2D eigenvalue weighted by molar-refractivity contribution is -0.145. The highest BCUT2D eigenvalue weighted by atomic mass is 79.9. The van der Waals surface area contributed by atoms with Crippen molar-refractivity contribution in [1.29, 1.82) is 0 Å². The van der Waals surface area contributed by atoms with Crippen LogP contribution in [0.1, 0.15) is 36.5 Å². The van der Waals surface area contributed by atoms with Crippen molar-refractivity contribution in [2.24, 2.45) is 11.8 Å². The quantitative estimate of drug-likeness (QED) is 0.227. The Hall–Kier alpha value is -2.88. The van der Waals surface area contributed by atoms with Crippen molar-refractivity contribution in [1.82, 2.24) is 9.80 Å². The Morgan fingerprint density at radius 2 is 1.84 bits per heavy atom. The molecular formula is C36H44BrN3O4S. The van der Waals surface area contributed by atoms with Crippen LogP contribution in [0.2, 0.25) is 0 Å². The molecule has 2 bridgehead atoms. The van der Waals surface area contributed by atoms with E-state index in [1.165, 1.54) is 0 Å². The normalized spacial score (nSPS) is 27.3. The summed E-state index contributed by atoms with van der Waals surface area (Å²) in [6.07, 6.45) is 5.19. The lowest BCUT2D eigenvalue weighted by Crippen LogP contribution is -2.58. The number of thioether (sulfide) groups is 1. The summed E-state index contributed by atoms with van der Waals surface area (Å²) in [6, 6.07) is 14.2. The number of carbonyl (C=O) groups excluding carboxylic acids is 3. The van der Waals surface area contributed by atoms with Gasteiger partial charge in [0.1, 0.15) is 6.04 Å². The molecule has 3 heterocycles. The summed E-state index contributed by atoms with van der Waals surface area (Å²) < 4.78 is -0.833. The topological polar surface area (TPSA) is 81.2 Å². The molecule has 2 aromatic carbocycles. The van der Waals surface area contributed by atoms with Crippen LogP contribution in [0.25, 0.3) is 0 Å². The average Bonchev–Trinajstić information content (AvgIpc) is 3.63. The number of hydrogen-bond acceptors (Lipinski definition) is 5. The van der Waals surface area contributed by atoms with Gasteiger partial charge in [0.05, 0.1) is 29.2 Å². The minimum absolute atomic E-state index is 0.0433. The molecule has 3 fully saturated rings. The first-order chi connectivity index (χ1) is 21.6. The van der Waals surface area contributed by atoms with Gasteiger partial charge in [-0.3, -0.25) is 14.4 Å². The highest BCUT2D eigenvalue weighted by molar-refractivity contribution is 9.09. The van der Waals surface area contributed by atoms with Crippen molar-refractivity contribution in [3.05, 3.63) is 90.5 Å². The van der Waals surface area contributed by atoms with E-state index in [9.17, 15) is 14.7 Å². The zero-order valence-corrected chi connectivity index (χ0v) is 28.8. The Morgan fingerprint density at radius 3 is 2.49 bits per heavy atom. The van der Waals surface area contributed by atoms with Gasteiger partial charge in [0, 0.05) is 35.4 Å². The maximum Gasteiger partial charge on any atom is 0.251 e. The molecule has 3 unspecified atom stereocenters. The second-order valence-corrected chi connectivity index (χ2v) is 15.3. The number of nitrogens with zero attached hydrogens (tertiary/aromatic N) is 3. The fourth-order valence-electron chi connectivity index (χ4n) is 7.68. The van der Waals surface area contributed by atoms with Crippen molar-refractivity contribution in [2.45, 2.75) is 66.9 Å². The zero-order valence-electron chi connectivity index (χ0n) is 26.4. The molecule has 0 radical (unpaired) electrons. The number of alkyl halides is 1. The van der Waals surface area contributed by atoms with E-state index in [-0.39, 0.29) is 41.0 Å². The second kappa shape index (κ2) is 13.9.